The van der Waals surface area contributed by atoms with Crippen LogP contribution in [0.2, 0.25) is 0 Å². The van der Waals surface area contributed by atoms with Crippen molar-refractivity contribution in [2.45, 2.75) is 12.5 Å². The lowest BCUT2D eigenvalue weighted by atomic mass is 9.94. The molecule has 0 aromatic carbocycles. The van der Waals surface area contributed by atoms with E-state index in [1.807, 2.05) is 31.3 Å². The summed E-state index contributed by atoms with van der Waals surface area (Å²) in [6.45, 7) is 0.424. The van der Waals surface area contributed by atoms with Gasteiger partial charge in [-0.2, -0.15) is 0 Å². The lowest BCUT2D eigenvalue weighted by molar-refractivity contribution is -0.127. The average Bonchev–Trinajstić information content (AvgIpc) is 3.25. The van der Waals surface area contributed by atoms with Crippen molar-refractivity contribution in [2.75, 3.05) is 13.6 Å². The van der Waals surface area contributed by atoms with Crippen LogP contribution in [0.4, 0.5) is 0 Å². The lowest BCUT2D eigenvalue weighted by Gasteiger charge is -2.25. The number of rotatable bonds is 4. The molecular formula is C19H19N5O2. The van der Waals surface area contributed by atoms with Gasteiger partial charge in [0, 0.05) is 50.7 Å². The number of nitrogens with zero attached hydrogens (tertiary/aromatic N) is 4. The van der Waals surface area contributed by atoms with Crippen molar-refractivity contribution in [1.29, 1.82) is 0 Å². The summed E-state index contributed by atoms with van der Waals surface area (Å²) in [7, 11) is 1.81. The monoisotopic (exact) mass is 349 g/mol. The predicted molar refractivity (Wildman–Crippen MR) is 95.4 cm³/mol. The second-order valence-corrected chi connectivity index (χ2v) is 6.47. The molecule has 0 bridgehead atoms. The van der Waals surface area contributed by atoms with Crippen molar-refractivity contribution in [2.24, 2.45) is 5.92 Å². The molecule has 2 amide bonds. The number of pyridine rings is 2. The second kappa shape index (κ2) is 6.59. The number of imidazole rings is 1. The summed E-state index contributed by atoms with van der Waals surface area (Å²) < 4.78 is 1.75. The van der Waals surface area contributed by atoms with Gasteiger partial charge in [-0.3, -0.25) is 19.0 Å². The maximum atomic E-state index is 12.7. The van der Waals surface area contributed by atoms with Gasteiger partial charge in [0.05, 0.1) is 6.04 Å². The Hall–Kier alpha value is -3.22. The molecule has 0 radical (unpaired) electrons. The Labute approximate surface area is 150 Å². The molecule has 132 valence electrons. The van der Waals surface area contributed by atoms with E-state index in [-0.39, 0.29) is 23.8 Å². The Morgan fingerprint density at radius 1 is 1.23 bits per heavy atom. The molecule has 2 atom stereocenters. The van der Waals surface area contributed by atoms with Gasteiger partial charge in [-0.15, -0.1) is 0 Å². The highest BCUT2D eigenvalue weighted by Gasteiger charge is 2.38. The Morgan fingerprint density at radius 3 is 2.85 bits per heavy atom. The third kappa shape index (κ3) is 2.81. The number of nitrogens with one attached hydrogen (secondary N) is 1. The van der Waals surface area contributed by atoms with Gasteiger partial charge in [0.25, 0.3) is 5.91 Å². The van der Waals surface area contributed by atoms with Crippen molar-refractivity contribution in [3.8, 4) is 0 Å². The van der Waals surface area contributed by atoms with E-state index in [4.69, 9.17) is 0 Å². The van der Waals surface area contributed by atoms with Crippen LogP contribution in [0.25, 0.3) is 5.65 Å². The first-order chi connectivity index (χ1) is 12.6. The molecule has 26 heavy (non-hydrogen) atoms. The molecule has 1 fully saturated rings. The van der Waals surface area contributed by atoms with E-state index >= 15 is 0 Å². The third-order valence-corrected chi connectivity index (χ3v) is 4.93. The fraction of sp³-hybridized carbons (Fsp3) is 0.263. The molecule has 1 saturated heterocycles. The zero-order valence-electron chi connectivity index (χ0n) is 14.4. The number of hydrogen-bond acceptors (Lipinski definition) is 4. The minimum absolute atomic E-state index is 0.0147. The average molecular weight is 349 g/mol. The van der Waals surface area contributed by atoms with Crippen LogP contribution in [-0.4, -0.2) is 44.7 Å². The maximum absolute atomic E-state index is 12.7. The van der Waals surface area contributed by atoms with Gasteiger partial charge in [-0.1, -0.05) is 6.07 Å². The van der Waals surface area contributed by atoms with E-state index in [1.165, 1.54) is 0 Å². The molecule has 3 aromatic rings. The van der Waals surface area contributed by atoms with Crippen LogP contribution in [0.3, 0.4) is 0 Å². The summed E-state index contributed by atoms with van der Waals surface area (Å²) >= 11 is 0. The van der Waals surface area contributed by atoms with Crippen LogP contribution < -0.4 is 5.32 Å². The number of fused-ring (bicyclic) bond motifs is 1. The fourth-order valence-electron chi connectivity index (χ4n) is 3.64. The van der Waals surface area contributed by atoms with Gasteiger partial charge < -0.3 is 10.2 Å². The molecule has 0 spiro atoms. The number of carbonyl (C=O) groups excluding carboxylic acids is 2. The molecule has 7 heteroatoms. The van der Waals surface area contributed by atoms with Gasteiger partial charge in [0.2, 0.25) is 5.91 Å². The molecule has 1 N–H and O–H groups in total. The van der Waals surface area contributed by atoms with Gasteiger partial charge in [-0.25, -0.2) is 4.98 Å². The molecule has 0 saturated carbocycles. The standard InChI is InChI=1S/C19H19N5O2/c1-23-17(25)11-14(18(23)13-5-7-20-8-6-13)12-22-19(26)15-3-2-4-16-21-9-10-24(15)16/h2-10,14,18H,11-12H2,1H3,(H,22,26)/t14-,18-/m0/s1. The van der Waals surface area contributed by atoms with Crippen molar-refractivity contribution in [1.82, 2.24) is 24.6 Å². The van der Waals surface area contributed by atoms with E-state index in [0.717, 1.165) is 11.2 Å². The fourth-order valence-corrected chi connectivity index (χ4v) is 3.64. The Bertz CT molecular complexity index is 953. The molecule has 1 aliphatic rings. The van der Waals surface area contributed by atoms with Crippen molar-refractivity contribution in [3.05, 3.63) is 66.4 Å². The summed E-state index contributed by atoms with van der Waals surface area (Å²) in [5, 5.41) is 2.98. The molecule has 0 aliphatic carbocycles. The normalized spacial score (nSPS) is 19.9. The van der Waals surface area contributed by atoms with E-state index in [2.05, 4.69) is 15.3 Å². The first-order valence-electron chi connectivity index (χ1n) is 8.51. The first kappa shape index (κ1) is 16.3. The van der Waals surface area contributed by atoms with Crippen molar-refractivity contribution >= 4 is 17.5 Å². The topological polar surface area (TPSA) is 79.6 Å². The number of aromatic nitrogens is 3. The molecular weight excluding hydrogens is 330 g/mol. The molecule has 4 rings (SSSR count). The zero-order valence-corrected chi connectivity index (χ0v) is 14.4. The first-order valence-corrected chi connectivity index (χ1v) is 8.51. The number of likely N-dealkylation sites (tertiary alicyclic amines) is 1. The third-order valence-electron chi connectivity index (χ3n) is 4.93. The second-order valence-electron chi connectivity index (χ2n) is 6.47. The molecule has 3 aromatic heterocycles. The highest BCUT2D eigenvalue weighted by atomic mass is 16.2. The lowest BCUT2D eigenvalue weighted by Crippen LogP contribution is -2.33. The van der Waals surface area contributed by atoms with Crippen LogP contribution in [0, 0.1) is 5.92 Å². The largest absolute Gasteiger partial charge is 0.350 e. The van der Waals surface area contributed by atoms with Crippen molar-refractivity contribution < 1.29 is 9.59 Å². The Morgan fingerprint density at radius 2 is 2.04 bits per heavy atom. The molecule has 1 aliphatic heterocycles. The summed E-state index contributed by atoms with van der Waals surface area (Å²) in [4.78, 5) is 34.9. The number of carbonyl (C=O) groups is 2. The van der Waals surface area contributed by atoms with Crippen LogP contribution >= 0.6 is 0 Å². The maximum Gasteiger partial charge on any atom is 0.268 e. The highest BCUT2D eigenvalue weighted by molar-refractivity contribution is 5.93. The minimum atomic E-state index is -0.177. The smallest absolute Gasteiger partial charge is 0.268 e. The summed E-state index contributed by atoms with van der Waals surface area (Å²) in [5.41, 5.74) is 2.28. The Balaban J connectivity index is 1.52. The SMILES string of the molecule is CN1C(=O)C[C@@H](CNC(=O)c2cccc3nccn23)[C@@H]1c1ccncc1. The molecule has 7 nitrogen and oxygen atoms in total. The van der Waals surface area contributed by atoms with E-state index in [9.17, 15) is 9.59 Å². The Kier molecular flexibility index (Phi) is 4.12. The van der Waals surface area contributed by atoms with Gasteiger partial charge >= 0.3 is 0 Å². The van der Waals surface area contributed by atoms with E-state index in [1.54, 1.807) is 40.2 Å². The summed E-state index contributed by atoms with van der Waals surface area (Å²) in [6.07, 6.45) is 7.29. The van der Waals surface area contributed by atoms with Crippen LogP contribution in [-0.2, 0) is 4.79 Å². The minimum Gasteiger partial charge on any atom is -0.350 e. The van der Waals surface area contributed by atoms with Gasteiger partial charge in [-0.05, 0) is 29.8 Å². The predicted octanol–water partition coefficient (Wildman–Crippen LogP) is 1.68. The molecule has 0 unspecified atom stereocenters. The highest BCUT2D eigenvalue weighted by Crippen LogP contribution is 2.36. The quantitative estimate of drug-likeness (QED) is 0.777. The van der Waals surface area contributed by atoms with Crippen molar-refractivity contribution in [3.63, 3.8) is 0 Å². The van der Waals surface area contributed by atoms with E-state index in [0.29, 0.717) is 18.7 Å². The summed E-state index contributed by atoms with van der Waals surface area (Å²) in [6, 6.07) is 9.19. The summed E-state index contributed by atoms with van der Waals surface area (Å²) in [5.74, 6) is -0.0762. The van der Waals surface area contributed by atoms with Crippen LogP contribution in [0.1, 0.15) is 28.5 Å². The van der Waals surface area contributed by atoms with Gasteiger partial charge in [0.1, 0.15) is 11.3 Å². The van der Waals surface area contributed by atoms with Crippen LogP contribution in [0.5, 0.6) is 0 Å². The van der Waals surface area contributed by atoms with Gasteiger partial charge in [0.15, 0.2) is 0 Å². The van der Waals surface area contributed by atoms with Crippen LogP contribution in [0.15, 0.2) is 55.1 Å². The number of amides is 2. The van der Waals surface area contributed by atoms with E-state index < -0.39 is 0 Å². The zero-order chi connectivity index (χ0) is 18.1. The number of hydrogen-bond donors (Lipinski definition) is 1. The molecule has 4 heterocycles.